The summed E-state index contributed by atoms with van der Waals surface area (Å²) in [5, 5.41) is 6.94. The van der Waals surface area contributed by atoms with Gasteiger partial charge in [-0.05, 0) is 44.0 Å². The lowest BCUT2D eigenvalue weighted by molar-refractivity contribution is -0.128. The van der Waals surface area contributed by atoms with Crippen molar-refractivity contribution in [1.82, 2.24) is 5.16 Å². The lowest BCUT2D eigenvalue weighted by atomic mass is 9.76. The molecule has 0 unspecified atom stereocenters. The average molecular weight is 379 g/mol. The normalized spacial score (nSPS) is 30.2. The second-order valence-corrected chi connectivity index (χ2v) is 7.99. The number of ether oxygens (including phenoxy) is 1. The first-order valence-electron chi connectivity index (χ1n) is 9.37. The third-order valence-electron chi connectivity index (χ3n) is 5.78. The number of aromatic nitrogens is 1. The average Bonchev–Trinajstić information content (AvgIpc) is 3.35. The van der Waals surface area contributed by atoms with Gasteiger partial charge in [-0.1, -0.05) is 23.4 Å². The summed E-state index contributed by atoms with van der Waals surface area (Å²) in [6, 6.07) is 7.61. The van der Waals surface area contributed by atoms with Gasteiger partial charge in [-0.15, -0.1) is 0 Å². The second-order valence-electron chi connectivity index (χ2n) is 7.99. The van der Waals surface area contributed by atoms with Gasteiger partial charge in [-0.25, -0.2) is 0 Å². The minimum atomic E-state index is -0.779. The van der Waals surface area contributed by atoms with Crippen LogP contribution in [-0.4, -0.2) is 35.2 Å². The molecule has 0 aliphatic carbocycles. The molecule has 1 aromatic heterocycles. The molecule has 2 aromatic rings. The van der Waals surface area contributed by atoms with Crippen LogP contribution < -0.4 is 10.2 Å². The van der Waals surface area contributed by atoms with Gasteiger partial charge in [0.15, 0.2) is 5.82 Å². The number of anilines is 2. The highest BCUT2D eigenvalue weighted by molar-refractivity contribution is 6.05. The third kappa shape index (κ3) is 2.43. The van der Waals surface area contributed by atoms with E-state index in [1.54, 1.807) is 17.9 Å². The molecule has 2 bridgehead atoms. The van der Waals surface area contributed by atoms with Gasteiger partial charge in [0.1, 0.15) is 11.4 Å². The summed E-state index contributed by atoms with van der Waals surface area (Å²) in [7, 11) is 0. The number of aryl methyl sites for hydroxylation is 3. The topological polar surface area (TPSA) is 84.7 Å². The van der Waals surface area contributed by atoms with E-state index >= 15 is 0 Å². The molecule has 1 spiro atoms. The molecule has 3 aliphatic rings. The molecule has 0 radical (unpaired) electrons. The van der Waals surface area contributed by atoms with Gasteiger partial charge >= 0.3 is 0 Å². The Bertz CT molecular complexity index is 1010. The number of hydrogen-bond donors (Lipinski definition) is 1. The maximum absolute atomic E-state index is 13.2. The number of hydrogen-bond acceptors (Lipinski definition) is 5. The number of carbonyl (C=O) groups excluding carboxylic acids is 2. The van der Waals surface area contributed by atoms with Gasteiger partial charge in [-0.2, -0.15) is 0 Å². The lowest BCUT2D eigenvalue weighted by Crippen LogP contribution is -2.41. The maximum Gasteiger partial charge on any atom is 0.235 e. The minimum absolute atomic E-state index is 0.152. The smallest absolute Gasteiger partial charge is 0.235 e. The van der Waals surface area contributed by atoms with Crippen molar-refractivity contribution in [3.8, 4) is 0 Å². The van der Waals surface area contributed by atoms with Crippen LogP contribution in [0, 0.1) is 32.6 Å². The molecule has 7 nitrogen and oxygen atoms in total. The highest BCUT2D eigenvalue weighted by Crippen LogP contribution is 2.52. The van der Waals surface area contributed by atoms with E-state index in [1.807, 2.05) is 44.2 Å². The van der Waals surface area contributed by atoms with Gasteiger partial charge in [0.2, 0.25) is 11.8 Å². The van der Waals surface area contributed by atoms with Gasteiger partial charge in [0, 0.05) is 11.8 Å². The van der Waals surface area contributed by atoms with Crippen LogP contribution in [0.15, 0.2) is 40.9 Å². The van der Waals surface area contributed by atoms with Crippen molar-refractivity contribution in [1.29, 1.82) is 0 Å². The predicted octanol–water partition coefficient (Wildman–Crippen LogP) is 2.52. The van der Waals surface area contributed by atoms with Crippen molar-refractivity contribution in [3.63, 3.8) is 0 Å². The Labute approximate surface area is 162 Å². The molecular formula is C21H21N3O4. The molecule has 0 saturated carbocycles. The number of fused-ring (bicyclic) bond motifs is 1. The number of benzene rings is 1. The number of nitrogens with one attached hydrogen (secondary N) is 1. The van der Waals surface area contributed by atoms with E-state index in [4.69, 9.17) is 9.26 Å². The number of nitrogens with zero attached hydrogens (tertiary/aromatic N) is 2. The van der Waals surface area contributed by atoms with Crippen LogP contribution in [0.4, 0.5) is 11.5 Å². The molecule has 144 valence electrons. The summed E-state index contributed by atoms with van der Waals surface area (Å²) in [5.74, 6) is -0.400. The molecule has 4 heterocycles. The first-order chi connectivity index (χ1) is 13.4. The van der Waals surface area contributed by atoms with E-state index < -0.39 is 17.4 Å². The quantitative estimate of drug-likeness (QED) is 0.829. The first kappa shape index (κ1) is 17.2. The zero-order valence-corrected chi connectivity index (χ0v) is 15.9. The molecule has 2 amide bonds. The van der Waals surface area contributed by atoms with Crippen LogP contribution in [-0.2, 0) is 14.3 Å². The highest BCUT2D eigenvalue weighted by atomic mass is 16.5. The SMILES string of the molecule is Cc1cc(C)cc(NC(=O)[C@@H]2[C@H]3C(=O)N(c4cc(C)on4)C[C@@]34C=C[C@H]2O4)c1. The van der Waals surface area contributed by atoms with E-state index in [2.05, 4.69) is 10.5 Å². The maximum atomic E-state index is 13.2. The van der Waals surface area contributed by atoms with E-state index in [1.165, 1.54) is 0 Å². The van der Waals surface area contributed by atoms with E-state index in [-0.39, 0.29) is 17.9 Å². The van der Waals surface area contributed by atoms with Crippen molar-refractivity contribution in [3.05, 3.63) is 53.3 Å². The molecule has 3 aliphatic heterocycles. The van der Waals surface area contributed by atoms with Crippen LogP contribution >= 0.6 is 0 Å². The van der Waals surface area contributed by atoms with Crippen molar-refractivity contribution in [2.24, 2.45) is 11.8 Å². The Morgan fingerprint density at radius 2 is 1.96 bits per heavy atom. The fourth-order valence-electron chi connectivity index (χ4n) is 4.74. The van der Waals surface area contributed by atoms with E-state index in [9.17, 15) is 9.59 Å². The third-order valence-corrected chi connectivity index (χ3v) is 5.78. The number of rotatable bonds is 3. The van der Waals surface area contributed by atoms with Gasteiger partial charge in [-0.3, -0.25) is 14.5 Å². The molecular weight excluding hydrogens is 358 g/mol. The van der Waals surface area contributed by atoms with Crippen LogP contribution in [0.25, 0.3) is 0 Å². The molecule has 2 fully saturated rings. The monoisotopic (exact) mass is 379 g/mol. The van der Waals surface area contributed by atoms with Gasteiger partial charge in [0.05, 0.1) is 24.5 Å². The highest BCUT2D eigenvalue weighted by Gasteiger charge is 2.67. The molecule has 4 atom stereocenters. The number of amides is 2. The summed E-state index contributed by atoms with van der Waals surface area (Å²) in [6.07, 6.45) is 3.43. The van der Waals surface area contributed by atoms with Crippen LogP contribution in [0.2, 0.25) is 0 Å². The Balaban J connectivity index is 1.44. The fraction of sp³-hybridized carbons (Fsp3) is 0.381. The van der Waals surface area contributed by atoms with Crippen molar-refractivity contribution >= 4 is 23.3 Å². The van der Waals surface area contributed by atoms with Crippen LogP contribution in [0.3, 0.4) is 0 Å². The summed E-state index contributed by atoms with van der Waals surface area (Å²) in [6.45, 7) is 6.08. The van der Waals surface area contributed by atoms with E-state index in [0.29, 0.717) is 18.1 Å². The fourth-order valence-corrected chi connectivity index (χ4v) is 4.74. The zero-order valence-electron chi connectivity index (χ0n) is 15.9. The molecule has 28 heavy (non-hydrogen) atoms. The Morgan fingerprint density at radius 1 is 1.21 bits per heavy atom. The molecule has 2 saturated heterocycles. The van der Waals surface area contributed by atoms with E-state index in [0.717, 1.165) is 16.8 Å². The largest absolute Gasteiger partial charge is 0.360 e. The van der Waals surface area contributed by atoms with Crippen LogP contribution in [0.1, 0.15) is 16.9 Å². The Hall–Kier alpha value is -2.93. The predicted molar refractivity (Wildman–Crippen MR) is 102 cm³/mol. The Kier molecular flexibility index (Phi) is 3.55. The summed E-state index contributed by atoms with van der Waals surface area (Å²) in [5.41, 5.74) is 2.09. The lowest BCUT2D eigenvalue weighted by Gasteiger charge is -2.23. The number of carbonyl (C=O) groups is 2. The standard InChI is InChI=1S/C21H21N3O4/c1-11-6-12(2)8-14(7-11)22-19(25)17-15-4-5-21(27-15)10-24(20(26)18(17)21)16-9-13(3)28-23-16/h4-9,15,17-18H,10H2,1-3H3,(H,22,25)/t15-,17+,18+,21+/m1/s1. The van der Waals surface area contributed by atoms with Crippen LogP contribution in [0.5, 0.6) is 0 Å². The molecule has 7 heteroatoms. The van der Waals surface area contributed by atoms with Crippen molar-refractivity contribution in [2.45, 2.75) is 32.5 Å². The van der Waals surface area contributed by atoms with Gasteiger partial charge in [0.25, 0.3) is 0 Å². The minimum Gasteiger partial charge on any atom is -0.360 e. The van der Waals surface area contributed by atoms with Crippen molar-refractivity contribution in [2.75, 3.05) is 16.8 Å². The molecule has 5 rings (SSSR count). The summed E-state index contributed by atoms with van der Waals surface area (Å²) in [4.78, 5) is 27.9. The van der Waals surface area contributed by atoms with Crippen molar-refractivity contribution < 1.29 is 18.8 Å². The molecule has 1 N–H and O–H groups in total. The second kappa shape index (κ2) is 5.78. The first-order valence-corrected chi connectivity index (χ1v) is 9.37. The summed E-state index contributed by atoms with van der Waals surface area (Å²) >= 11 is 0. The molecule has 1 aromatic carbocycles. The van der Waals surface area contributed by atoms with Gasteiger partial charge < -0.3 is 14.6 Å². The zero-order chi connectivity index (χ0) is 19.6. The summed E-state index contributed by atoms with van der Waals surface area (Å²) < 4.78 is 11.3. The Morgan fingerprint density at radius 3 is 2.64 bits per heavy atom.